The van der Waals surface area contributed by atoms with Crippen LogP contribution < -0.4 is 15.5 Å². The Hall–Kier alpha value is -1.40. The van der Waals surface area contributed by atoms with Crippen molar-refractivity contribution in [1.29, 1.82) is 0 Å². The van der Waals surface area contributed by atoms with Crippen LogP contribution in [0.15, 0.2) is 22.7 Å². The molecule has 1 aliphatic heterocycles. The quantitative estimate of drug-likeness (QED) is 0.703. The lowest BCUT2D eigenvalue weighted by atomic mass is 9.92. The Morgan fingerprint density at radius 1 is 1.21 bits per heavy atom. The van der Waals surface area contributed by atoms with Gasteiger partial charge in [-0.3, -0.25) is 9.59 Å². The Balaban J connectivity index is 1.76. The summed E-state index contributed by atoms with van der Waals surface area (Å²) >= 11 is 3.40. The van der Waals surface area contributed by atoms with Gasteiger partial charge in [0, 0.05) is 22.0 Å². The van der Waals surface area contributed by atoms with Crippen LogP contribution in [-0.4, -0.2) is 38.0 Å². The summed E-state index contributed by atoms with van der Waals surface area (Å²) in [5.74, 6) is 1.04. The van der Waals surface area contributed by atoms with E-state index in [0.29, 0.717) is 18.4 Å². The predicted octanol–water partition coefficient (Wildman–Crippen LogP) is 1.37. The number of hydrogen-bond donors (Lipinski definition) is 3. The molecular weight excluding hydrogens is 370 g/mol. The fourth-order valence-corrected chi connectivity index (χ4v) is 3.97. The summed E-state index contributed by atoms with van der Waals surface area (Å²) in [5, 5.41) is 5.56. The van der Waals surface area contributed by atoms with Gasteiger partial charge in [-0.15, -0.1) is 0 Å². The Labute approximate surface area is 152 Å². The van der Waals surface area contributed by atoms with Crippen LogP contribution in [0.4, 0.5) is 5.69 Å². The summed E-state index contributed by atoms with van der Waals surface area (Å²) in [6.45, 7) is 8.92. The number of piperidine rings is 1. The van der Waals surface area contributed by atoms with Crippen LogP contribution in [0, 0.1) is 18.8 Å². The van der Waals surface area contributed by atoms with Gasteiger partial charge in [0.1, 0.15) is 0 Å². The maximum absolute atomic E-state index is 12.1. The first kappa shape index (κ1) is 18.9. The minimum atomic E-state index is -0.204. The van der Waals surface area contributed by atoms with E-state index in [4.69, 9.17) is 0 Å². The Bertz CT molecular complexity index is 596. The van der Waals surface area contributed by atoms with Crippen molar-refractivity contribution in [2.24, 2.45) is 11.8 Å². The molecule has 6 heteroatoms. The topological polar surface area (TPSA) is 62.6 Å². The highest BCUT2D eigenvalue weighted by atomic mass is 79.9. The lowest BCUT2D eigenvalue weighted by Gasteiger charge is -2.31. The third-order valence-corrected chi connectivity index (χ3v) is 4.89. The van der Waals surface area contributed by atoms with Crippen molar-refractivity contribution in [3.63, 3.8) is 0 Å². The van der Waals surface area contributed by atoms with E-state index in [9.17, 15) is 9.59 Å². The van der Waals surface area contributed by atoms with Crippen molar-refractivity contribution in [3.8, 4) is 0 Å². The molecule has 2 atom stereocenters. The first-order valence-electron chi connectivity index (χ1n) is 8.49. The predicted molar refractivity (Wildman–Crippen MR) is 99.0 cm³/mol. The van der Waals surface area contributed by atoms with Crippen LogP contribution in [0.3, 0.4) is 0 Å². The average Bonchev–Trinajstić information content (AvgIpc) is 2.47. The van der Waals surface area contributed by atoms with E-state index >= 15 is 0 Å². The van der Waals surface area contributed by atoms with Gasteiger partial charge in [-0.25, -0.2) is 0 Å². The highest BCUT2D eigenvalue weighted by Crippen LogP contribution is 2.19. The van der Waals surface area contributed by atoms with Crippen molar-refractivity contribution in [2.75, 3.05) is 31.5 Å². The number of halogens is 1. The molecule has 1 aromatic rings. The van der Waals surface area contributed by atoms with Gasteiger partial charge in [-0.05, 0) is 37.1 Å². The van der Waals surface area contributed by atoms with E-state index in [-0.39, 0.29) is 18.4 Å². The minimum Gasteiger partial charge on any atom is -0.342 e. The van der Waals surface area contributed by atoms with E-state index in [2.05, 4.69) is 40.4 Å². The van der Waals surface area contributed by atoms with Crippen molar-refractivity contribution in [1.82, 2.24) is 5.32 Å². The van der Waals surface area contributed by atoms with Crippen LogP contribution in [0.5, 0.6) is 0 Å². The molecule has 2 amide bonds. The first-order valence-corrected chi connectivity index (χ1v) is 9.29. The fraction of sp³-hybridized carbons (Fsp3) is 0.556. The van der Waals surface area contributed by atoms with E-state index < -0.39 is 0 Å². The van der Waals surface area contributed by atoms with Gasteiger partial charge in [0.2, 0.25) is 5.91 Å². The normalized spacial score (nSPS) is 23.6. The molecule has 2 rings (SSSR count). The van der Waals surface area contributed by atoms with Gasteiger partial charge in [-0.2, -0.15) is 0 Å². The standard InChI is InChI=1S/C18H26BrN3O2/c1-12-6-13(2)10-22(9-12)11-18(24)20-8-17(23)21-16-5-4-15(19)7-14(16)3/h4-5,7,12-13H,6,8-11H2,1-3H3,(H,20,24)(H,21,23)/p+1/t12-,13-/m0/s1. The van der Waals surface area contributed by atoms with Crippen molar-refractivity contribution >= 4 is 33.4 Å². The second kappa shape index (κ2) is 8.62. The summed E-state index contributed by atoms with van der Waals surface area (Å²) in [4.78, 5) is 25.4. The van der Waals surface area contributed by atoms with Crippen LogP contribution in [-0.2, 0) is 9.59 Å². The highest BCUT2D eigenvalue weighted by molar-refractivity contribution is 9.10. The monoisotopic (exact) mass is 396 g/mol. The fourth-order valence-electron chi connectivity index (χ4n) is 3.50. The summed E-state index contributed by atoms with van der Waals surface area (Å²) in [5.41, 5.74) is 1.74. The molecular formula is C18H27BrN3O2+. The van der Waals surface area contributed by atoms with Gasteiger partial charge >= 0.3 is 0 Å². The number of carbonyl (C=O) groups is 2. The number of amides is 2. The molecule has 1 saturated heterocycles. The molecule has 0 radical (unpaired) electrons. The zero-order valence-electron chi connectivity index (χ0n) is 14.6. The largest absolute Gasteiger partial charge is 0.342 e. The molecule has 1 aliphatic rings. The molecule has 0 aliphatic carbocycles. The Morgan fingerprint density at radius 3 is 2.50 bits per heavy atom. The van der Waals surface area contributed by atoms with Gasteiger partial charge < -0.3 is 15.5 Å². The number of benzene rings is 1. The van der Waals surface area contributed by atoms with Gasteiger partial charge in [-0.1, -0.05) is 29.8 Å². The van der Waals surface area contributed by atoms with Gasteiger partial charge in [0.15, 0.2) is 6.54 Å². The van der Waals surface area contributed by atoms with E-state index in [1.165, 1.54) is 11.3 Å². The highest BCUT2D eigenvalue weighted by Gasteiger charge is 2.26. The zero-order valence-corrected chi connectivity index (χ0v) is 16.2. The molecule has 0 aromatic heterocycles. The number of rotatable bonds is 5. The van der Waals surface area contributed by atoms with Gasteiger partial charge in [0.25, 0.3) is 5.91 Å². The number of anilines is 1. The van der Waals surface area contributed by atoms with Gasteiger partial charge in [0.05, 0.1) is 19.6 Å². The summed E-state index contributed by atoms with van der Waals surface area (Å²) in [7, 11) is 0. The number of carbonyl (C=O) groups excluding carboxylic acids is 2. The molecule has 5 nitrogen and oxygen atoms in total. The maximum atomic E-state index is 12.1. The molecule has 3 N–H and O–H groups in total. The van der Waals surface area contributed by atoms with Crippen LogP contribution >= 0.6 is 15.9 Å². The lowest BCUT2D eigenvalue weighted by Crippen LogP contribution is -3.15. The number of likely N-dealkylation sites (tertiary alicyclic amines) is 1. The zero-order chi connectivity index (χ0) is 17.7. The second-order valence-electron chi connectivity index (χ2n) is 7.07. The summed E-state index contributed by atoms with van der Waals surface area (Å²) < 4.78 is 0.972. The number of quaternary nitrogens is 1. The van der Waals surface area contributed by atoms with Crippen molar-refractivity contribution in [2.45, 2.75) is 27.2 Å². The minimum absolute atomic E-state index is 0.00667. The molecule has 0 unspecified atom stereocenters. The Kier molecular flexibility index (Phi) is 6.80. The molecule has 0 spiro atoms. The van der Waals surface area contributed by atoms with Crippen LogP contribution in [0.2, 0.25) is 0 Å². The Morgan fingerprint density at radius 2 is 1.88 bits per heavy atom. The smallest absolute Gasteiger partial charge is 0.275 e. The van der Waals surface area contributed by atoms with Crippen molar-refractivity contribution in [3.05, 3.63) is 28.2 Å². The van der Waals surface area contributed by atoms with E-state index in [0.717, 1.165) is 28.8 Å². The summed E-state index contributed by atoms with van der Waals surface area (Å²) in [6, 6.07) is 5.67. The maximum Gasteiger partial charge on any atom is 0.275 e. The summed E-state index contributed by atoms with van der Waals surface area (Å²) in [6.07, 6.45) is 1.24. The molecule has 1 fully saturated rings. The number of aryl methyl sites for hydroxylation is 1. The molecule has 1 aromatic carbocycles. The molecule has 0 saturated carbocycles. The van der Waals surface area contributed by atoms with E-state index in [1.54, 1.807) is 0 Å². The number of hydrogen-bond acceptors (Lipinski definition) is 2. The van der Waals surface area contributed by atoms with E-state index in [1.807, 2.05) is 25.1 Å². The number of nitrogens with one attached hydrogen (secondary N) is 3. The molecule has 132 valence electrons. The third-order valence-electron chi connectivity index (χ3n) is 4.40. The van der Waals surface area contributed by atoms with Crippen molar-refractivity contribution < 1.29 is 14.5 Å². The SMILES string of the molecule is Cc1cc(Br)ccc1NC(=O)CNC(=O)C[NH+]1C[C@@H](C)C[C@H](C)C1. The average molecular weight is 397 g/mol. The first-order chi connectivity index (χ1) is 11.3. The molecule has 1 heterocycles. The van der Waals surface area contributed by atoms with Crippen LogP contribution in [0.1, 0.15) is 25.8 Å². The molecule has 0 bridgehead atoms. The molecule has 24 heavy (non-hydrogen) atoms. The second-order valence-corrected chi connectivity index (χ2v) is 7.98. The third kappa shape index (κ3) is 5.91. The lowest BCUT2D eigenvalue weighted by molar-refractivity contribution is -0.904. The van der Waals surface area contributed by atoms with Crippen LogP contribution in [0.25, 0.3) is 0 Å².